The molecule has 0 aliphatic rings. The van der Waals surface area contributed by atoms with Gasteiger partial charge in [0.15, 0.2) is 0 Å². The van der Waals surface area contributed by atoms with E-state index in [4.69, 9.17) is 4.52 Å². The molecule has 5 heteroatoms. The van der Waals surface area contributed by atoms with Crippen LogP contribution in [0.3, 0.4) is 0 Å². The highest BCUT2D eigenvalue weighted by molar-refractivity contribution is 7.47. The molecule has 22 heavy (non-hydrogen) atoms. The van der Waals surface area contributed by atoms with Crippen LogP contribution < -0.4 is 0 Å². The van der Waals surface area contributed by atoms with E-state index in [9.17, 15) is 9.46 Å². The lowest BCUT2D eigenvalue weighted by atomic mass is 10.0. The zero-order chi connectivity index (χ0) is 16.7. The van der Waals surface area contributed by atoms with Gasteiger partial charge in [-0.1, -0.05) is 84.0 Å². The minimum Gasteiger partial charge on any atom is -0.302 e. The number of unbranched alkanes of at least 4 members (excludes halogenated alkanes) is 11. The second-order valence-corrected chi connectivity index (χ2v) is 7.76. The van der Waals surface area contributed by atoms with E-state index < -0.39 is 7.82 Å². The second-order valence-electron chi connectivity index (χ2n) is 6.24. The van der Waals surface area contributed by atoms with E-state index in [2.05, 4.69) is 11.4 Å². The van der Waals surface area contributed by atoms with Crippen molar-refractivity contribution < 1.29 is 18.5 Å². The highest BCUT2D eigenvalue weighted by atomic mass is 31.2. The van der Waals surface area contributed by atoms with Gasteiger partial charge >= 0.3 is 7.82 Å². The summed E-state index contributed by atoms with van der Waals surface area (Å²) in [6.07, 6.45) is 16.4. The van der Waals surface area contributed by atoms with Crippen molar-refractivity contribution in [3.63, 3.8) is 0 Å². The van der Waals surface area contributed by atoms with Gasteiger partial charge in [-0.05, 0) is 13.3 Å². The summed E-state index contributed by atoms with van der Waals surface area (Å²) in [6, 6.07) is 0. The fourth-order valence-corrected chi connectivity index (χ4v) is 3.24. The standard InChI is InChI=1S/C17H37O4P/c1-4-5-6-7-8-9-10-11-12-13-14-15-16-17(2)21-22(18,19)20-3/h17H,4-16H2,1-3H3,(H,18,19). The van der Waals surface area contributed by atoms with Crippen LogP contribution in [0, 0.1) is 0 Å². The van der Waals surface area contributed by atoms with Gasteiger partial charge in [0.05, 0.1) is 6.10 Å². The minimum absolute atomic E-state index is 0.223. The molecule has 0 radical (unpaired) electrons. The molecule has 0 fully saturated rings. The normalized spacial score (nSPS) is 15.6. The molecule has 0 saturated carbocycles. The first kappa shape index (κ1) is 22.1. The van der Waals surface area contributed by atoms with Crippen LogP contribution in [0.1, 0.15) is 97.3 Å². The van der Waals surface area contributed by atoms with Gasteiger partial charge in [-0.2, -0.15) is 0 Å². The third-order valence-corrected chi connectivity index (χ3v) is 5.10. The lowest BCUT2D eigenvalue weighted by Gasteiger charge is -2.15. The van der Waals surface area contributed by atoms with Crippen molar-refractivity contribution in [2.75, 3.05) is 7.11 Å². The van der Waals surface area contributed by atoms with E-state index in [0.29, 0.717) is 0 Å². The van der Waals surface area contributed by atoms with Gasteiger partial charge in [0.1, 0.15) is 0 Å². The maximum atomic E-state index is 11.2. The van der Waals surface area contributed by atoms with Gasteiger partial charge in [0, 0.05) is 7.11 Å². The lowest BCUT2D eigenvalue weighted by molar-refractivity contribution is 0.122. The largest absolute Gasteiger partial charge is 0.472 e. The molecule has 0 aromatic heterocycles. The maximum Gasteiger partial charge on any atom is 0.472 e. The molecule has 134 valence electrons. The molecule has 0 amide bonds. The van der Waals surface area contributed by atoms with Gasteiger partial charge in [-0.15, -0.1) is 0 Å². The third-order valence-electron chi connectivity index (χ3n) is 4.01. The fourth-order valence-electron chi connectivity index (χ4n) is 2.60. The number of hydrogen-bond acceptors (Lipinski definition) is 3. The zero-order valence-electron chi connectivity index (χ0n) is 14.9. The molecule has 0 heterocycles. The molecule has 0 aromatic rings. The van der Waals surface area contributed by atoms with Crippen LogP contribution in [0.15, 0.2) is 0 Å². The van der Waals surface area contributed by atoms with Crippen LogP contribution in [-0.2, 0) is 13.6 Å². The number of phosphoric ester groups is 1. The molecule has 4 nitrogen and oxygen atoms in total. The molecule has 0 aliphatic heterocycles. The van der Waals surface area contributed by atoms with Crippen LogP contribution in [-0.4, -0.2) is 18.1 Å². The van der Waals surface area contributed by atoms with E-state index in [1.807, 2.05) is 6.92 Å². The van der Waals surface area contributed by atoms with E-state index >= 15 is 0 Å². The van der Waals surface area contributed by atoms with Crippen molar-refractivity contribution >= 4 is 7.82 Å². The monoisotopic (exact) mass is 336 g/mol. The summed E-state index contributed by atoms with van der Waals surface area (Å²) in [7, 11) is -2.62. The molecular formula is C17H37O4P. The summed E-state index contributed by atoms with van der Waals surface area (Å²) in [6.45, 7) is 4.08. The van der Waals surface area contributed by atoms with E-state index in [0.717, 1.165) is 12.8 Å². The van der Waals surface area contributed by atoms with Crippen molar-refractivity contribution in [1.29, 1.82) is 0 Å². The molecule has 0 aliphatic carbocycles. The van der Waals surface area contributed by atoms with E-state index in [1.165, 1.54) is 77.7 Å². The quantitative estimate of drug-likeness (QED) is 0.268. The average molecular weight is 336 g/mol. The van der Waals surface area contributed by atoms with Crippen LogP contribution in [0.4, 0.5) is 0 Å². The molecule has 0 saturated heterocycles. The van der Waals surface area contributed by atoms with Crippen LogP contribution in [0.5, 0.6) is 0 Å². The number of hydrogen-bond donors (Lipinski definition) is 1. The number of rotatable bonds is 16. The van der Waals surface area contributed by atoms with Crippen molar-refractivity contribution in [1.82, 2.24) is 0 Å². The Kier molecular flexibility index (Phi) is 14.8. The SMILES string of the molecule is CCCCCCCCCCCCCCC(C)OP(=O)(O)OC. The Labute approximate surface area is 137 Å². The summed E-state index contributed by atoms with van der Waals surface area (Å²) in [4.78, 5) is 9.20. The Morgan fingerprint density at radius 1 is 0.864 bits per heavy atom. The molecule has 2 unspecified atom stereocenters. The lowest BCUT2D eigenvalue weighted by Crippen LogP contribution is -2.06. The number of phosphoric acid groups is 1. The molecule has 0 aromatic carbocycles. The molecule has 1 N–H and O–H groups in total. The van der Waals surface area contributed by atoms with Crippen LogP contribution >= 0.6 is 7.82 Å². The van der Waals surface area contributed by atoms with Gasteiger partial charge < -0.3 is 4.89 Å². The fraction of sp³-hybridized carbons (Fsp3) is 1.00. The van der Waals surface area contributed by atoms with Crippen LogP contribution in [0.25, 0.3) is 0 Å². The highest BCUT2D eigenvalue weighted by Gasteiger charge is 2.21. The Morgan fingerprint density at radius 3 is 1.68 bits per heavy atom. The summed E-state index contributed by atoms with van der Waals surface area (Å²) in [5.74, 6) is 0. The van der Waals surface area contributed by atoms with Crippen molar-refractivity contribution in [3.8, 4) is 0 Å². The van der Waals surface area contributed by atoms with Gasteiger partial charge in [0.25, 0.3) is 0 Å². The van der Waals surface area contributed by atoms with Crippen molar-refractivity contribution in [2.24, 2.45) is 0 Å². The molecule has 0 bridgehead atoms. The predicted molar refractivity (Wildman–Crippen MR) is 93.1 cm³/mol. The first-order valence-corrected chi connectivity index (χ1v) is 10.6. The van der Waals surface area contributed by atoms with Crippen molar-refractivity contribution in [3.05, 3.63) is 0 Å². The Morgan fingerprint density at radius 2 is 1.27 bits per heavy atom. The van der Waals surface area contributed by atoms with Gasteiger partial charge in [0.2, 0.25) is 0 Å². The molecular weight excluding hydrogens is 299 g/mol. The van der Waals surface area contributed by atoms with E-state index in [1.54, 1.807) is 0 Å². The molecule has 0 spiro atoms. The highest BCUT2D eigenvalue weighted by Crippen LogP contribution is 2.43. The Balaban J connectivity index is 3.25. The van der Waals surface area contributed by atoms with Crippen LogP contribution in [0.2, 0.25) is 0 Å². The Hall–Kier alpha value is 0.110. The van der Waals surface area contributed by atoms with Crippen molar-refractivity contribution in [2.45, 2.75) is 103 Å². The molecule has 2 atom stereocenters. The third kappa shape index (κ3) is 15.0. The average Bonchev–Trinajstić information content (AvgIpc) is 2.48. The van der Waals surface area contributed by atoms with E-state index in [-0.39, 0.29) is 6.10 Å². The first-order valence-electron chi connectivity index (χ1n) is 9.08. The summed E-state index contributed by atoms with van der Waals surface area (Å²) >= 11 is 0. The summed E-state index contributed by atoms with van der Waals surface area (Å²) < 4.78 is 20.6. The second kappa shape index (κ2) is 14.7. The topological polar surface area (TPSA) is 55.8 Å². The van der Waals surface area contributed by atoms with Gasteiger partial charge in [-0.3, -0.25) is 9.05 Å². The zero-order valence-corrected chi connectivity index (χ0v) is 15.8. The summed E-state index contributed by atoms with van der Waals surface area (Å²) in [5.41, 5.74) is 0. The maximum absolute atomic E-state index is 11.2. The predicted octanol–water partition coefficient (Wildman–Crippen LogP) is 6.23. The van der Waals surface area contributed by atoms with Gasteiger partial charge in [-0.25, -0.2) is 4.57 Å². The first-order chi connectivity index (χ1) is 10.5. The molecule has 0 rings (SSSR count). The summed E-state index contributed by atoms with van der Waals surface area (Å²) in [5, 5.41) is 0. The smallest absolute Gasteiger partial charge is 0.302 e. The minimum atomic E-state index is -3.81. The Bertz CT molecular complexity index is 284.